The molecule has 0 unspecified atom stereocenters. The lowest BCUT2D eigenvalue weighted by Crippen LogP contribution is -2.05. The molecule has 0 bridgehead atoms. The molecule has 0 atom stereocenters. The highest BCUT2D eigenvalue weighted by molar-refractivity contribution is 6.32. The first-order chi connectivity index (χ1) is 9.51. The number of hydrogen-bond acceptors (Lipinski definition) is 4. The Balaban J connectivity index is 2.37. The third-order valence-corrected chi connectivity index (χ3v) is 2.81. The van der Waals surface area contributed by atoms with Gasteiger partial charge in [0, 0.05) is 11.8 Å². The number of aromatic nitrogens is 1. The van der Waals surface area contributed by atoms with E-state index in [0.717, 1.165) is 12.3 Å². The standard InChI is InChI=1S/C13H10ClFN2O3/c1-20-11-5-8(2-3-10(11)14)17-12-9(13(18)19)4-7(15)6-16-12/h2-6H,1H3,(H,16,17)(H,18,19). The maximum Gasteiger partial charge on any atom is 0.339 e. The lowest BCUT2D eigenvalue weighted by atomic mass is 10.2. The second-order valence-corrected chi connectivity index (χ2v) is 4.24. The summed E-state index contributed by atoms with van der Waals surface area (Å²) in [7, 11) is 1.46. The first-order valence-electron chi connectivity index (χ1n) is 5.50. The van der Waals surface area contributed by atoms with Crippen LogP contribution in [0.1, 0.15) is 10.4 Å². The molecular formula is C13H10ClFN2O3. The summed E-state index contributed by atoms with van der Waals surface area (Å²) in [6.45, 7) is 0. The van der Waals surface area contributed by atoms with Crippen molar-refractivity contribution < 1.29 is 19.0 Å². The molecule has 0 saturated carbocycles. The number of ether oxygens (including phenoxy) is 1. The number of hydrogen-bond donors (Lipinski definition) is 2. The van der Waals surface area contributed by atoms with Gasteiger partial charge in [0.1, 0.15) is 22.9 Å². The summed E-state index contributed by atoms with van der Waals surface area (Å²) < 4.78 is 18.1. The minimum Gasteiger partial charge on any atom is -0.495 e. The van der Waals surface area contributed by atoms with Crippen molar-refractivity contribution in [3.63, 3.8) is 0 Å². The molecule has 20 heavy (non-hydrogen) atoms. The Labute approximate surface area is 119 Å². The molecule has 2 aromatic rings. The van der Waals surface area contributed by atoms with Crippen molar-refractivity contribution in [1.82, 2.24) is 4.98 Å². The lowest BCUT2D eigenvalue weighted by Gasteiger charge is -2.10. The average molecular weight is 297 g/mol. The van der Waals surface area contributed by atoms with Gasteiger partial charge in [-0.25, -0.2) is 14.2 Å². The molecule has 104 valence electrons. The number of nitrogens with zero attached hydrogens (tertiary/aromatic N) is 1. The highest BCUT2D eigenvalue weighted by atomic mass is 35.5. The smallest absolute Gasteiger partial charge is 0.339 e. The second kappa shape index (κ2) is 5.75. The van der Waals surface area contributed by atoms with Crippen LogP contribution in [-0.2, 0) is 0 Å². The zero-order chi connectivity index (χ0) is 14.7. The summed E-state index contributed by atoms with van der Waals surface area (Å²) in [5.41, 5.74) is 0.256. The van der Waals surface area contributed by atoms with E-state index in [1.165, 1.54) is 7.11 Å². The largest absolute Gasteiger partial charge is 0.495 e. The predicted molar refractivity (Wildman–Crippen MR) is 72.4 cm³/mol. The number of pyridine rings is 1. The Hall–Kier alpha value is -2.34. The molecule has 0 amide bonds. The third kappa shape index (κ3) is 2.97. The van der Waals surface area contributed by atoms with Gasteiger partial charge in [0.2, 0.25) is 0 Å². The van der Waals surface area contributed by atoms with Crippen LogP contribution in [0.2, 0.25) is 5.02 Å². The highest BCUT2D eigenvalue weighted by Crippen LogP contribution is 2.29. The van der Waals surface area contributed by atoms with E-state index >= 15 is 0 Å². The Morgan fingerprint density at radius 2 is 2.20 bits per heavy atom. The van der Waals surface area contributed by atoms with Gasteiger partial charge in [-0.3, -0.25) is 0 Å². The van der Waals surface area contributed by atoms with Gasteiger partial charge in [-0.1, -0.05) is 11.6 Å². The van der Waals surface area contributed by atoms with Crippen LogP contribution >= 0.6 is 11.6 Å². The number of halogens is 2. The number of carbonyl (C=O) groups is 1. The van der Waals surface area contributed by atoms with Crippen molar-refractivity contribution in [3.8, 4) is 5.75 Å². The van der Waals surface area contributed by atoms with E-state index in [9.17, 15) is 9.18 Å². The van der Waals surface area contributed by atoms with E-state index in [2.05, 4.69) is 10.3 Å². The van der Waals surface area contributed by atoms with E-state index in [4.69, 9.17) is 21.4 Å². The number of benzene rings is 1. The summed E-state index contributed by atoms with van der Waals surface area (Å²) in [6.07, 6.45) is 0.932. The average Bonchev–Trinajstić information content (AvgIpc) is 2.42. The number of carboxylic acid groups (broad SMARTS) is 1. The number of aromatic carboxylic acids is 1. The molecule has 0 spiro atoms. The van der Waals surface area contributed by atoms with Gasteiger partial charge in [0.15, 0.2) is 0 Å². The summed E-state index contributed by atoms with van der Waals surface area (Å²) in [4.78, 5) is 14.8. The molecule has 0 aliphatic heterocycles. The summed E-state index contributed by atoms with van der Waals surface area (Å²) in [6, 6.07) is 5.69. The summed E-state index contributed by atoms with van der Waals surface area (Å²) >= 11 is 5.89. The van der Waals surface area contributed by atoms with Crippen molar-refractivity contribution in [2.75, 3.05) is 12.4 Å². The Bertz CT molecular complexity index is 664. The Morgan fingerprint density at radius 1 is 1.45 bits per heavy atom. The highest BCUT2D eigenvalue weighted by Gasteiger charge is 2.13. The molecule has 0 aliphatic carbocycles. The number of nitrogens with one attached hydrogen (secondary N) is 1. The normalized spacial score (nSPS) is 10.2. The number of methoxy groups -OCH3 is 1. The van der Waals surface area contributed by atoms with Gasteiger partial charge in [-0.15, -0.1) is 0 Å². The van der Waals surface area contributed by atoms with Gasteiger partial charge in [0.05, 0.1) is 18.3 Å². The van der Waals surface area contributed by atoms with Crippen LogP contribution in [0, 0.1) is 5.82 Å². The van der Waals surface area contributed by atoms with Gasteiger partial charge in [0.25, 0.3) is 0 Å². The number of carboxylic acids is 1. The maximum absolute atomic E-state index is 13.0. The van der Waals surface area contributed by atoms with Crippen LogP contribution in [0.25, 0.3) is 0 Å². The van der Waals surface area contributed by atoms with Crippen molar-refractivity contribution in [3.05, 3.63) is 46.9 Å². The fourth-order valence-corrected chi connectivity index (χ4v) is 1.77. The van der Waals surface area contributed by atoms with Gasteiger partial charge in [-0.2, -0.15) is 0 Å². The van der Waals surface area contributed by atoms with E-state index in [1.54, 1.807) is 18.2 Å². The fourth-order valence-electron chi connectivity index (χ4n) is 1.58. The predicted octanol–water partition coefficient (Wildman–Crippen LogP) is 3.32. The van der Waals surface area contributed by atoms with Gasteiger partial charge in [-0.05, 0) is 18.2 Å². The molecule has 0 aliphatic rings. The van der Waals surface area contributed by atoms with Crippen LogP contribution in [0.4, 0.5) is 15.9 Å². The Kier molecular flexibility index (Phi) is 4.05. The van der Waals surface area contributed by atoms with Crippen LogP contribution in [-0.4, -0.2) is 23.2 Å². The maximum atomic E-state index is 13.0. The molecule has 0 radical (unpaired) electrons. The van der Waals surface area contributed by atoms with Gasteiger partial charge < -0.3 is 15.2 Å². The molecule has 2 rings (SSSR count). The lowest BCUT2D eigenvalue weighted by molar-refractivity contribution is 0.0697. The second-order valence-electron chi connectivity index (χ2n) is 3.83. The minimum absolute atomic E-state index is 0.0308. The SMILES string of the molecule is COc1cc(Nc2ncc(F)cc2C(=O)O)ccc1Cl. The molecule has 1 aromatic carbocycles. The fraction of sp³-hybridized carbons (Fsp3) is 0.0769. The zero-order valence-corrected chi connectivity index (χ0v) is 11.1. The summed E-state index contributed by atoms with van der Waals surface area (Å²) in [5.74, 6) is -1.54. The van der Waals surface area contributed by atoms with Crippen LogP contribution in [0.5, 0.6) is 5.75 Å². The molecule has 7 heteroatoms. The van der Waals surface area contributed by atoms with Crippen molar-refractivity contribution >= 4 is 29.1 Å². The van der Waals surface area contributed by atoms with Gasteiger partial charge >= 0.3 is 5.97 Å². The molecule has 0 fully saturated rings. The third-order valence-electron chi connectivity index (χ3n) is 2.50. The molecule has 5 nitrogen and oxygen atoms in total. The van der Waals surface area contributed by atoms with Crippen molar-refractivity contribution in [1.29, 1.82) is 0 Å². The van der Waals surface area contributed by atoms with E-state index in [1.807, 2.05) is 0 Å². The van der Waals surface area contributed by atoms with E-state index < -0.39 is 11.8 Å². The molecule has 1 heterocycles. The summed E-state index contributed by atoms with van der Waals surface area (Å²) in [5, 5.41) is 12.2. The van der Waals surface area contributed by atoms with Crippen LogP contribution in [0.15, 0.2) is 30.5 Å². The first kappa shape index (κ1) is 14.1. The molecule has 1 aromatic heterocycles. The minimum atomic E-state index is -1.28. The molecule has 0 saturated heterocycles. The number of anilines is 2. The topological polar surface area (TPSA) is 71.5 Å². The number of rotatable bonds is 4. The Morgan fingerprint density at radius 3 is 2.85 bits per heavy atom. The van der Waals surface area contributed by atoms with E-state index in [0.29, 0.717) is 16.5 Å². The quantitative estimate of drug-likeness (QED) is 0.905. The van der Waals surface area contributed by atoms with E-state index in [-0.39, 0.29) is 11.4 Å². The first-order valence-corrected chi connectivity index (χ1v) is 5.88. The van der Waals surface area contributed by atoms with Crippen molar-refractivity contribution in [2.45, 2.75) is 0 Å². The monoisotopic (exact) mass is 296 g/mol. The molecular weight excluding hydrogens is 287 g/mol. The van der Waals surface area contributed by atoms with Crippen LogP contribution in [0.3, 0.4) is 0 Å². The zero-order valence-electron chi connectivity index (χ0n) is 10.4. The van der Waals surface area contributed by atoms with Crippen molar-refractivity contribution in [2.24, 2.45) is 0 Å². The molecule has 2 N–H and O–H groups in total. The van der Waals surface area contributed by atoms with Crippen LogP contribution < -0.4 is 10.1 Å².